The first kappa shape index (κ1) is 12.7. The Kier molecular flexibility index (Phi) is 3.71. The molecule has 0 aromatic heterocycles. The highest BCUT2D eigenvalue weighted by Gasteiger charge is 2.15. The zero-order valence-electron chi connectivity index (χ0n) is 9.22. The van der Waals surface area contributed by atoms with Gasteiger partial charge in [0.1, 0.15) is 17.1 Å². The van der Waals surface area contributed by atoms with E-state index in [0.29, 0.717) is 5.69 Å². The number of amides is 1. The van der Waals surface area contributed by atoms with Crippen LogP contribution in [-0.2, 0) is 0 Å². The molecule has 2 aromatic carbocycles. The molecule has 0 atom stereocenters. The molecule has 0 bridgehead atoms. The first-order valence-electron chi connectivity index (χ1n) is 5.16. The average molecular weight is 355 g/mol. The molecule has 0 saturated heterocycles. The Bertz CT molecular complexity index is 561. The summed E-state index contributed by atoms with van der Waals surface area (Å²) < 4.78 is 1.05. The Labute approximate surface area is 117 Å². The summed E-state index contributed by atoms with van der Waals surface area (Å²) in [7, 11) is 0. The van der Waals surface area contributed by atoms with Gasteiger partial charge >= 0.3 is 0 Å². The van der Waals surface area contributed by atoms with Gasteiger partial charge in [-0.2, -0.15) is 0 Å². The molecule has 5 heteroatoms. The summed E-state index contributed by atoms with van der Waals surface area (Å²) in [6.45, 7) is 0. The van der Waals surface area contributed by atoms with E-state index in [9.17, 15) is 15.0 Å². The predicted octanol–water partition coefficient (Wildman–Crippen LogP) is 2.95. The van der Waals surface area contributed by atoms with Crippen LogP contribution in [-0.4, -0.2) is 16.1 Å². The van der Waals surface area contributed by atoms with Crippen molar-refractivity contribution >= 4 is 34.2 Å². The minimum Gasteiger partial charge on any atom is -0.507 e. The highest BCUT2D eigenvalue weighted by molar-refractivity contribution is 14.1. The maximum absolute atomic E-state index is 11.9. The zero-order valence-corrected chi connectivity index (χ0v) is 11.4. The third kappa shape index (κ3) is 2.73. The van der Waals surface area contributed by atoms with Crippen LogP contribution >= 0.6 is 22.6 Å². The molecule has 3 N–H and O–H groups in total. The first-order chi connectivity index (χ1) is 8.58. The van der Waals surface area contributed by atoms with Crippen molar-refractivity contribution in [1.29, 1.82) is 0 Å². The van der Waals surface area contributed by atoms with Crippen molar-refractivity contribution < 1.29 is 15.0 Å². The van der Waals surface area contributed by atoms with E-state index < -0.39 is 5.91 Å². The van der Waals surface area contributed by atoms with Gasteiger partial charge < -0.3 is 15.5 Å². The maximum Gasteiger partial charge on any atom is 0.263 e. The molecule has 18 heavy (non-hydrogen) atoms. The van der Waals surface area contributed by atoms with E-state index in [1.54, 1.807) is 12.1 Å². The van der Waals surface area contributed by atoms with Crippen LogP contribution in [0.15, 0.2) is 42.5 Å². The van der Waals surface area contributed by atoms with E-state index in [0.717, 1.165) is 3.57 Å². The Morgan fingerprint density at radius 2 is 1.56 bits per heavy atom. The molecule has 0 aliphatic heterocycles. The van der Waals surface area contributed by atoms with E-state index in [1.807, 2.05) is 12.1 Å². The smallest absolute Gasteiger partial charge is 0.263 e. The molecule has 0 unspecified atom stereocenters. The molecular formula is C13H10INO3. The summed E-state index contributed by atoms with van der Waals surface area (Å²) in [6.07, 6.45) is 0. The number of phenolic OH excluding ortho intramolecular Hbond substituents is 2. The number of carbonyl (C=O) groups is 1. The first-order valence-corrected chi connectivity index (χ1v) is 6.23. The van der Waals surface area contributed by atoms with Crippen molar-refractivity contribution in [2.24, 2.45) is 0 Å². The maximum atomic E-state index is 11.9. The molecule has 0 aliphatic rings. The number of phenols is 2. The largest absolute Gasteiger partial charge is 0.507 e. The number of carbonyl (C=O) groups excluding carboxylic acids is 1. The Balaban J connectivity index is 2.25. The highest BCUT2D eigenvalue weighted by Crippen LogP contribution is 2.27. The van der Waals surface area contributed by atoms with E-state index in [-0.39, 0.29) is 17.1 Å². The van der Waals surface area contributed by atoms with Crippen molar-refractivity contribution in [3.05, 3.63) is 51.6 Å². The topological polar surface area (TPSA) is 69.6 Å². The summed E-state index contributed by atoms with van der Waals surface area (Å²) in [6, 6.07) is 11.4. The molecule has 2 rings (SSSR count). The number of rotatable bonds is 2. The number of nitrogens with one attached hydrogen (secondary N) is 1. The van der Waals surface area contributed by atoms with Crippen LogP contribution in [0.2, 0.25) is 0 Å². The Hall–Kier alpha value is -1.76. The second-order valence-corrected chi connectivity index (χ2v) is 4.88. The van der Waals surface area contributed by atoms with Gasteiger partial charge in [0.25, 0.3) is 5.91 Å². The average Bonchev–Trinajstić information content (AvgIpc) is 2.32. The molecule has 2 aromatic rings. The normalized spacial score (nSPS) is 10.1. The van der Waals surface area contributed by atoms with Gasteiger partial charge in [-0.3, -0.25) is 4.79 Å². The van der Waals surface area contributed by atoms with Gasteiger partial charge in [-0.05, 0) is 59.0 Å². The van der Waals surface area contributed by atoms with Crippen LogP contribution in [0.4, 0.5) is 5.69 Å². The molecule has 0 heterocycles. The number of hydrogen-bond donors (Lipinski definition) is 3. The van der Waals surface area contributed by atoms with E-state index in [2.05, 4.69) is 27.9 Å². The van der Waals surface area contributed by atoms with E-state index in [4.69, 9.17) is 0 Å². The van der Waals surface area contributed by atoms with Crippen LogP contribution in [0.25, 0.3) is 0 Å². The second-order valence-electron chi connectivity index (χ2n) is 3.63. The lowest BCUT2D eigenvalue weighted by Crippen LogP contribution is -2.12. The van der Waals surface area contributed by atoms with Crippen molar-refractivity contribution in [2.45, 2.75) is 0 Å². The third-order valence-electron chi connectivity index (χ3n) is 2.35. The van der Waals surface area contributed by atoms with Crippen LogP contribution in [0.5, 0.6) is 11.5 Å². The quantitative estimate of drug-likeness (QED) is 0.726. The van der Waals surface area contributed by atoms with Crippen molar-refractivity contribution in [1.82, 2.24) is 0 Å². The monoisotopic (exact) mass is 355 g/mol. The molecule has 0 spiro atoms. The fourth-order valence-corrected chi connectivity index (χ4v) is 1.85. The Morgan fingerprint density at radius 1 is 1.00 bits per heavy atom. The van der Waals surface area contributed by atoms with Crippen molar-refractivity contribution in [3.63, 3.8) is 0 Å². The number of anilines is 1. The second kappa shape index (κ2) is 5.26. The number of halogens is 1. The van der Waals surface area contributed by atoms with Crippen LogP contribution in [0.3, 0.4) is 0 Å². The molecular weight excluding hydrogens is 345 g/mol. The van der Waals surface area contributed by atoms with Gasteiger partial charge in [-0.25, -0.2) is 0 Å². The molecule has 0 saturated carbocycles. The van der Waals surface area contributed by atoms with Crippen LogP contribution < -0.4 is 5.32 Å². The fraction of sp³-hybridized carbons (Fsp3) is 0. The number of hydrogen-bond acceptors (Lipinski definition) is 3. The minimum atomic E-state index is -0.549. The SMILES string of the molecule is O=C(Nc1ccc(I)cc1)c1c(O)cccc1O. The standard InChI is InChI=1S/C13H10INO3/c14-8-4-6-9(7-5-8)15-13(18)12-10(16)2-1-3-11(12)17/h1-7,16-17H,(H,15,18). The number of benzene rings is 2. The molecule has 0 radical (unpaired) electrons. The Morgan fingerprint density at radius 3 is 2.11 bits per heavy atom. The summed E-state index contributed by atoms with van der Waals surface area (Å²) in [4.78, 5) is 11.9. The van der Waals surface area contributed by atoms with Crippen molar-refractivity contribution in [2.75, 3.05) is 5.32 Å². The molecule has 1 amide bonds. The zero-order chi connectivity index (χ0) is 13.1. The molecule has 0 fully saturated rings. The lowest BCUT2D eigenvalue weighted by molar-refractivity contribution is 0.102. The summed E-state index contributed by atoms with van der Waals surface area (Å²) in [5.74, 6) is -1.05. The lowest BCUT2D eigenvalue weighted by atomic mass is 10.1. The van der Waals surface area contributed by atoms with Crippen LogP contribution in [0, 0.1) is 3.57 Å². The fourth-order valence-electron chi connectivity index (χ4n) is 1.49. The summed E-state index contributed by atoms with van der Waals surface area (Å²) in [5.41, 5.74) is 0.471. The van der Waals surface area contributed by atoms with Crippen molar-refractivity contribution in [3.8, 4) is 11.5 Å². The van der Waals surface area contributed by atoms with E-state index >= 15 is 0 Å². The van der Waals surface area contributed by atoms with E-state index in [1.165, 1.54) is 18.2 Å². The van der Waals surface area contributed by atoms with Gasteiger partial charge in [0.2, 0.25) is 0 Å². The summed E-state index contributed by atoms with van der Waals surface area (Å²) in [5, 5.41) is 21.7. The molecule has 92 valence electrons. The van der Waals surface area contributed by atoms with Gasteiger partial charge in [-0.1, -0.05) is 6.07 Å². The predicted molar refractivity (Wildman–Crippen MR) is 76.9 cm³/mol. The third-order valence-corrected chi connectivity index (χ3v) is 3.07. The van der Waals surface area contributed by atoms with Gasteiger partial charge in [0, 0.05) is 9.26 Å². The van der Waals surface area contributed by atoms with Gasteiger partial charge in [0.15, 0.2) is 0 Å². The number of aromatic hydroxyl groups is 2. The minimum absolute atomic E-state index is 0.129. The highest BCUT2D eigenvalue weighted by atomic mass is 127. The summed E-state index contributed by atoms with van der Waals surface area (Å²) >= 11 is 2.16. The lowest BCUT2D eigenvalue weighted by Gasteiger charge is -2.08. The molecule has 4 nitrogen and oxygen atoms in total. The van der Waals surface area contributed by atoms with Crippen LogP contribution in [0.1, 0.15) is 10.4 Å². The van der Waals surface area contributed by atoms with Gasteiger partial charge in [0.05, 0.1) is 0 Å². The molecule has 0 aliphatic carbocycles. The van der Waals surface area contributed by atoms with Gasteiger partial charge in [-0.15, -0.1) is 0 Å².